The minimum absolute atomic E-state index is 0.0332. The first kappa shape index (κ1) is 20.3. The Hall–Kier alpha value is -2.39. The number of aromatic nitrogens is 1. The van der Waals surface area contributed by atoms with Gasteiger partial charge < -0.3 is 4.90 Å². The SMILES string of the molecule is CC(=O)SCC(=O)c1ccc(NS(=O)(=O)c2ccc(N3CCCC3)cc2)nc1. The van der Waals surface area contributed by atoms with Gasteiger partial charge >= 0.3 is 0 Å². The third-order valence-electron chi connectivity index (χ3n) is 4.35. The Balaban J connectivity index is 1.66. The Morgan fingerprint density at radius 3 is 2.36 bits per heavy atom. The second-order valence-corrected chi connectivity index (χ2v) is 9.26. The first-order chi connectivity index (χ1) is 13.3. The highest BCUT2D eigenvalue weighted by Crippen LogP contribution is 2.23. The zero-order valence-electron chi connectivity index (χ0n) is 15.4. The minimum atomic E-state index is -3.77. The summed E-state index contributed by atoms with van der Waals surface area (Å²) in [6.45, 7) is 3.38. The third-order valence-corrected chi connectivity index (χ3v) is 6.53. The monoisotopic (exact) mass is 419 g/mol. The highest BCUT2D eigenvalue weighted by molar-refractivity contribution is 8.14. The molecule has 0 radical (unpaired) electrons. The number of hydrogen-bond acceptors (Lipinski definition) is 7. The van der Waals surface area contributed by atoms with Crippen LogP contribution >= 0.6 is 11.8 Å². The van der Waals surface area contributed by atoms with Crippen LogP contribution in [0.1, 0.15) is 30.1 Å². The molecule has 0 aliphatic carbocycles. The number of benzene rings is 1. The van der Waals surface area contributed by atoms with Gasteiger partial charge in [0.05, 0.1) is 10.6 Å². The van der Waals surface area contributed by atoms with Crippen LogP contribution in [0.3, 0.4) is 0 Å². The van der Waals surface area contributed by atoms with Gasteiger partial charge in [-0.2, -0.15) is 0 Å². The van der Waals surface area contributed by atoms with E-state index in [1.165, 1.54) is 25.3 Å². The molecule has 0 atom stereocenters. The molecule has 3 rings (SSSR count). The maximum atomic E-state index is 12.6. The number of hydrogen-bond donors (Lipinski definition) is 1. The van der Waals surface area contributed by atoms with Crippen LogP contribution in [-0.2, 0) is 14.8 Å². The first-order valence-electron chi connectivity index (χ1n) is 8.85. The summed E-state index contributed by atoms with van der Waals surface area (Å²) >= 11 is 0.925. The molecule has 28 heavy (non-hydrogen) atoms. The molecule has 0 saturated carbocycles. The predicted octanol–water partition coefficient (Wildman–Crippen LogP) is 2.95. The summed E-state index contributed by atoms with van der Waals surface area (Å²) in [6, 6.07) is 9.69. The van der Waals surface area contributed by atoms with Gasteiger partial charge in [-0.05, 0) is 49.2 Å². The van der Waals surface area contributed by atoms with E-state index in [1.54, 1.807) is 12.1 Å². The van der Waals surface area contributed by atoms with Crippen LogP contribution in [0.25, 0.3) is 0 Å². The molecule has 9 heteroatoms. The fraction of sp³-hybridized carbons (Fsp3) is 0.316. The number of carbonyl (C=O) groups excluding carboxylic acids is 2. The van der Waals surface area contributed by atoms with Crippen LogP contribution in [0, 0.1) is 0 Å². The molecule has 1 aromatic heterocycles. The number of thioether (sulfide) groups is 1. The van der Waals surface area contributed by atoms with Gasteiger partial charge in [-0.1, -0.05) is 11.8 Å². The standard InChI is InChI=1S/C19H21N3O4S2/c1-14(23)27-13-18(24)15-4-9-19(20-12-15)21-28(25,26)17-7-5-16(6-8-17)22-10-2-3-11-22/h4-9,12H,2-3,10-11,13H2,1H3,(H,20,21). The minimum Gasteiger partial charge on any atom is -0.372 e. The topological polar surface area (TPSA) is 96.4 Å². The van der Waals surface area contributed by atoms with E-state index < -0.39 is 10.0 Å². The van der Waals surface area contributed by atoms with Crippen LogP contribution in [0.2, 0.25) is 0 Å². The summed E-state index contributed by atoms with van der Waals surface area (Å²) in [5, 5.41) is -0.138. The molecule has 1 fully saturated rings. The van der Waals surface area contributed by atoms with Gasteiger partial charge in [0.25, 0.3) is 10.0 Å². The van der Waals surface area contributed by atoms with Crippen molar-refractivity contribution in [3.63, 3.8) is 0 Å². The predicted molar refractivity (Wildman–Crippen MR) is 110 cm³/mol. The van der Waals surface area contributed by atoms with E-state index in [0.29, 0.717) is 5.56 Å². The molecular formula is C19H21N3O4S2. The molecule has 0 amide bonds. The molecule has 1 aromatic carbocycles. The third kappa shape index (κ3) is 5.11. The van der Waals surface area contributed by atoms with Crippen LogP contribution in [-0.4, -0.2) is 43.1 Å². The summed E-state index contributed by atoms with van der Waals surface area (Å²) in [6.07, 6.45) is 3.61. The van der Waals surface area contributed by atoms with Gasteiger partial charge in [-0.15, -0.1) is 0 Å². The van der Waals surface area contributed by atoms with Crippen molar-refractivity contribution in [2.24, 2.45) is 0 Å². The zero-order valence-corrected chi connectivity index (χ0v) is 17.1. The van der Waals surface area contributed by atoms with Gasteiger partial charge in [0.2, 0.25) is 0 Å². The number of Topliss-reactive ketones (excluding diaryl/α,β-unsaturated/α-hetero) is 1. The number of nitrogens with zero attached hydrogens (tertiary/aromatic N) is 2. The number of rotatable bonds is 7. The van der Waals surface area contributed by atoms with Crippen LogP contribution in [0.4, 0.5) is 11.5 Å². The number of sulfonamides is 1. The van der Waals surface area contributed by atoms with Gasteiger partial charge in [0, 0.05) is 37.5 Å². The summed E-state index contributed by atoms with van der Waals surface area (Å²) in [5.41, 5.74) is 1.34. The Bertz CT molecular complexity index is 952. The van der Waals surface area contributed by atoms with E-state index in [-0.39, 0.29) is 27.4 Å². The first-order valence-corrected chi connectivity index (χ1v) is 11.3. The van der Waals surface area contributed by atoms with E-state index in [4.69, 9.17) is 0 Å². The lowest BCUT2D eigenvalue weighted by Crippen LogP contribution is -2.18. The van der Waals surface area contributed by atoms with E-state index in [1.807, 2.05) is 12.1 Å². The molecule has 1 aliphatic rings. The molecule has 148 valence electrons. The van der Waals surface area contributed by atoms with Crippen molar-refractivity contribution >= 4 is 44.2 Å². The Labute approximate surface area is 168 Å². The van der Waals surface area contributed by atoms with Crippen molar-refractivity contribution in [3.8, 4) is 0 Å². The molecular weight excluding hydrogens is 398 g/mol. The Kier molecular flexibility index (Phi) is 6.35. The Morgan fingerprint density at radius 1 is 1.11 bits per heavy atom. The normalized spacial score (nSPS) is 14.1. The van der Waals surface area contributed by atoms with Gasteiger partial charge in [-0.3, -0.25) is 14.3 Å². The van der Waals surface area contributed by atoms with Crippen LogP contribution in [0.15, 0.2) is 47.5 Å². The maximum absolute atomic E-state index is 12.6. The molecule has 1 aliphatic heterocycles. The van der Waals surface area contributed by atoms with Crippen LogP contribution in [0.5, 0.6) is 0 Å². The quantitative estimate of drug-likeness (QED) is 0.689. The highest BCUT2D eigenvalue weighted by Gasteiger charge is 2.17. The highest BCUT2D eigenvalue weighted by atomic mass is 32.2. The molecule has 1 saturated heterocycles. The molecule has 7 nitrogen and oxygen atoms in total. The van der Waals surface area contributed by atoms with E-state index in [2.05, 4.69) is 14.6 Å². The van der Waals surface area contributed by atoms with Crippen molar-refractivity contribution in [2.75, 3.05) is 28.5 Å². The number of pyridine rings is 1. The number of carbonyl (C=O) groups is 2. The van der Waals surface area contributed by atoms with Crippen LogP contribution < -0.4 is 9.62 Å². The van der Waals surface area contributed by atoms with E-state index in [0.717, 1.165) is 43.4 Å². The molecule has 1 N–H and O–H groups in total. The molecule has 2 heterocycles. The molecule has 2 aromatic rings. The van der Waals surface area contributed by atoms with Crippen molar-refractivity contribution < 1.29 is 18.0 Å². The summed E-state index contributed by atoms with van der Waals surface area (Å²) < 4.78 is 27.5. The molecule has 0 spiro atoms. The average molecular weight is 420 g/mol. The molecule has 0 bridgehead atoms. The lowest BCUT2D eigenvalue weighted by Gasteiger charge is -2.17. The second kappa shape index (κ2) is 8.74. The number of nitrogens with one attached hydrogen (secondary N) is 1. The average Bonchev–Trinajstić information content (AvgIpc) is 3.21. The van der Waals surface area contributed by atoms with E-state index >= 15 is 0 Å². The van der Waals surface area contributed by atoms with Crippen molar-refractivity contribution in [1.82, 2.24) is 4.98 Å². The number of anilines is 2. The number of ketones is 1. The largest absolute Gasteiger partial charge is 0.372 e. The zero-order chi connectivity index (χ0) is 20.1. The van der Waals surface area contributed by atoms with Crippen molar-refractivity contribution in [2.45, 2.75) is 24.7 Å². The maximum Gasteiger partial charge on any atom is 0.263 e. The van der Waals surface area contributed by atoms with Crippen molar-refractivity contribution in [3.05, 3.63) is 48.2 Å². The Morgan fingerprint density at radius 2 is 1.79 bits per heavy atom. The van der Waals surface area contributed by atoms with Gasteiger partial charge in [-0.25, -0.2) is 13.4 Å². The summed E-state index contributed by atoms with van der Waals surface area (Å²) in [5.74, 6) is -0.0788. The second-order valence-electron chi connectivity index (χ2n) is 6.43. The smallest absolute Gasteiger partial charge is 0.263 e. The summed E-state index contributed by atoms with van der Waals surface area (Å²) in [4.78, 5) is 29.3. The lowest BCUT2D eigenvalue weighted by atomic mass is 10.2. The van der Waals surface area contributed by atoms with Gasteiger partial charge in [0.15, 0.2) is 10.9 Å². The van der Waals surface area contributed by atoms with Gasteiger partial charge in [0.1, 0.15) is 5.82 Å². The lowest BCUT2D eigenvalue weighted by molar-refractivity contribution is -0.109. The summed E-state index contributed by atoms with van der Waals surface area (Å²) in [7, 11) is -3.77. The molecule has 0 unspecified atom stereocenters. The fourth-order valence-corrected chi connectivity index (χ4v) is 4.39. The van der Waals surface area contributed by atoms with Crippen molar-refractivity contribution in [1.29, 1.82) is 0 Å². The van der Waals surface area contributed by atoms with E-state index in [9.17, 15) is 18.0 Å². The fourth-order valence-electron chi connectivity index (χ4n) is 2.88.